The van der Waals surface area contributed by atoms with E-state index in [1.54, 1.807) is 16.8 Å². The molecule has 1 aliphatic carbocycles. The molecule has 0 unspecified atom stereocenters. The summed E-state index contributed by atoms with van der Waals surface area (Å²) in [6.07, 6.45) is 5.35. The van der Waals surface area contributed by atoms with Crippen LogP contribution in [-0.4, -0.2) is 30.3 Å². The highest BCUT2D eigenvalue weighted by Gasteiger charge is 2.21. The van der Waals surface area contributed by atoms with E-state index in [1.165, 1.54) is 19.3 Å². The van der Waals surface area contributed by atoms with Gasteiger partial charge in [-0.3, -0.25) is 0 Å². The minimum absolute atomic E-state index is 0.150. The second-order valence-corrected chi connectivity index (χ2v) is 6.58. The third kappa shape index (κ3) is 5.28. The van der Waals surface area contributed by atoms with Crippen molar-refractivity contribution >= 4 is 17.4 Å². The van der Waals surface area contributed by atoms with Crippen molar-refractivity contribution in [1.29, 1.82) is 0 Å². The average molecular weight is 311 g/mol. The van der Waals surface area contributed by atoms with Crippen molar-refractivity contribution in [1.82, 2.24) is 15.6 Å². The summed E-state index contributed by atoms with van der Waals surface area (Å²) in [6, 6.07) is -0.150. The molecule has 2 atom stereocenters. The number of nitrogens with zero attached hydrogens (tertiary/aromatic N) is 1. The van der Waals surface area contributed by atoms with Crippen LogP contribution in [0.1, 0.15) is 43.2 Å². The predicted molar refractivity (Wildman–Crippen MR) is 84.5 cm³/mol. The second-order valence-electron chi connectivity index (χ2n) is 5.64. The minimum Gasteiger partial charge on any atom is -0.376 e. The van der Waals surface area contributed by atoms with Crippen LogP contribution in [0.25, 0.3) is 0 Å². The Bertz CT molecular complexity index is 450. The summed E-state index contributed by atoms with van der Waals surface area (Å²) in [4.78, 5) is 16.9. The van der Waals surface area contributed by atoms with E-state index in [2.05, 4.69) is 22.5 Å². The van der Waals surface area contributed by atoms with Crippen LogP contribution in [0.5, 0.6) is 0 Å². The van der Waals surface area contributed by atoms with Gasteiger partial charge in [0.25, 0.3) is 0 Å². The fourth-order valence-corrected chi connectivity index (χ4v) is 3.34. The molecule has 5 nitrogen and oxygen atoms in total. The molecule has 2 rings (SSSR count). The van der Waals surface area contributed by atoms with Crippen molar-refractivity contribution in [3.05, 3.63) is 16.1 Å². The number of hydrogen-bond donors (Lipinski definition) is 2. The number of nitrogens with one attached hydrogen (secondary N) is 2. The predicted octanol–water partition coefficient (Wildman–Crippen LogP) is 2.85. The number of hydrogen-bond acceptors (Lipinski definition) is 4. The van der Waals surface area contributed by atoms with E-state index in [4.69, 9.17) is 4.74 Å². The first-order chi connectivity index (χ1) is 10.2. The number of rotatable bonds is 6. The van der Waals surface area contributed by atoms with Gasteiger partial charge in [-0.05, 0) is 25.7 Å². The number of aromatic nitrogens is 1. The van der Waals surface area contributed by atoms with Gasteiger partial charge in [0.2, 0.25) is 0 Å². The zero-order valence-corrected chi connectivity index (χ0v) is 13.7. The summed E-state index contributed by atoms with van der Waals surface area (Å²) < 4.78 is 5.86. The van der Waals surface area contributed by atoms with E-state index in [1.807, 2.05) is 6.92 Å². The molecule has 1 fully saturated rings. The fraction of sp³-hybridized carbons (Fsp3) is 0.733. The lowest BCUT2D eigenvalue weighted by molar-refractivity contribution is -0.00243. The number of amides is 2. The largest absolute Gasteiger partial charge is 0.376 e. The first kappa shape index (κ1) is 16.2. The summed E-state index contributed by atoms with van der Waals surface area (Å²) in [7, 11) is 0. The third-order valence-corrected chi connectivity index (χ3v) is 4.94. The van der Waals surface area contributed by atoms with E-state index < -0.39 is 0 Å². The molecule has 0 bridgehead atoms. The van der Waals surface area contributed by atoms with Crippen molar-refractivity contribution in [2.75, 3.05) is 13.2 Å². The molecule has 21 heavy (non-hydrogen) atoms. The van der Waals surface area contributed by atoms with Crippen LogP contribution in [0.3, 0.4) is 0 Å². The normalized spacial score (nSPS) is 22.0. The minimum atomic E-state index is -0.150. The van der Waals surface area contributed by atoms with E-state index >= 15 is 0 Å². The van der Waals surface area contributed by atoms with Crippen LogP contribution in [0.15, 0.2) is 5.51 Å². The van der Waals surface area contributed by atoms with Crippen LogP contribution in [0.4, 0.5) is 4.79 Å². The van der Waals surface area contributed by atoms with Crippen molar-refractivity contribution in [3.8, 4) is 0 Å². The Labute approximate surface area is 130 Å². The van der Waals surface area contributed by atoms with Gasteiger partial charge in [0.05, 0.1) is 30.5 Å². The summed E-state index contributed by atoms with van der Waals surface area (Å²) in [5, 5.41) is 5.67. The van der Waals surface area contributed by atoms with Gasteiger partial charge in [0.15, 0.2) is 0 Å². The summed E-state index contributed by atoms with van der Waals surface area (Å²) in [5.41, 5.74) is 2.78. The van der Waals surface area contributed by atoms with Crippen molar-refractivity contribution in [2.24, 2.45) is 5.92 Å². The number of urea groups is 1. The standard InChI is InChI=1S/C15H25N3O2S/c1-11-5-3-4-6-13(11)20-8-7-16-15(19)17-9-14-12(2)18-10-21-14/h10-11,13H,3-9H2,1-2H3,(H2,16,17,19)/t11-,13+/m0/s1. The molecule has 0 radical (unpaired) electrons. The van der Waals surface area contributed by atoms with Crippen LogP contribution >= 0.6 is 11.3 Å². The average Bonchev–Trinajstić information content (AvgIpc) is 2.88. The molecule has 1 aromatic rings. The molecule has 1 aliphatic rings. The van der Waals surface area contributed by atoms with Gasteiger partial charge in [0, 0.05) is 11.4 Å². The van der Waals surface area contributed by atoms with Crippen LogP contribution < -0.4 is 10.6 Å². The maximum absolute atomic E-state index is 11.7. The second kappa shape index (κ2) is 8.34. The van der Waals surface area contributed by atoms with E-state index in [9.17, 15) is 4.79 Å². The monoisotopic (exact) mass is 311 g/mol. The summed E-state index contributed by atoms with van der Waals surface area (Å²) in [6.45, 7) is 5.87. The fourth-order valence-electron chi connectivity index (χ4n) is 2.62. The van der Waals surface area contributed by atoms with Gasteiger partial charge < -0.3 is 15.4 Å². The van der Waals surface area contributed by atoms with Gasteiger partial charge in [-0.1, -0.05) is 19.8 Å². The first-order valence-corrected chi connectivity index (χ1v) is 8.57. The molecule has 1 aromatic heterocycles. The lowest BCUT2D eigenvalue weighted by atomic mass is 9.88. The quantitative estimate of drug-likeness (QED) is 0.794. The number of ether oxygens (including phenoxy) is 1. The highest BCUT2D eigenvalue weighted by Crippen LogP contribution is 2.25. The number of carbonyl (C=O) groups excluding carboxylic acids is 1. The Morgan fingerprint density at radius 1 is 1.43 bits per heavy atom. The lowest BCUT2D eigenvalue weighted by Gasteiger charge is -2.28. The SMILES string of the molecule is Cc1ncsc1CNC(=O)NCCO[C@@H]1CCCC[C@@H]1C. The lowest BCUT2D eigenvalue weighted by Crippen LogP contribution is -2.38. The topological polar surface area (TPSA) is 63.2 Å². The van der Waals surface area contributed by atoms with Crippen LogP contribution in [-0.2, 0) is 11.3 Å². The molecule has 1 heterocycles. The Morgan fingerprint density at radius 2 is 2.24 bits per heavy atom. The molecule has 1 saturated carbocycles. The number of carbonyl (C=O) groups is 1. The summed E-state index contributed by atoms with van der Waals surface area (Å²) >= 11 is 1.56. The van der Waals surface area contributed by atoms with Crippen molar-refractivity contribution < 1.29 is 9.53 Å². The molecular weight excluding hydrogens is 286 g/mol. The van der Waals surface area contributed by atoms with Gasteiger partial charge in [-0.2, -0.15) is 0 Å². The molecule has 0 saturated heterocycles. The number of thiazole rings is 1. The third-order valence-electron chi connectivity index (χ3n) is 4.01. The maximum atomic E-state index is 11.7. The van der Waals surface area contributed by atoms with E-state index in [0.717, 1.165) is 17.0 Å². The summed E-state index contributed by atoms with van der Waals surface area (Å²) in [5.74, 6) is 0.641. The zero-order chi connectivity index (χ0) is 15.1. The van der Waals surface area contributed by atoms with Crippen molar-refractivity contribution in [3.63, 3.8) is 0 Å². The molecule has 118 valence electrons. The van der Waals surface area contributed by atoms with E-state index in [0.29, 0.717) is 31.7 Å². The number of aryl methyl sites for hydroxylation is 1. The molecule has 2 amide bonds. The Kier molecular flexibility index (Phi) is 6.45. The first-order valence-electron chi connectivity index (χ1n) is 7.69. The maximum Gasteiger partial charge on any atom is 0.315 e. The van der Waals surface area contributed by atoms with Gasteiger partial charge >= 0.3 is 6.03 Å². The van der Waals surface area contributed by atoms with Gasteiger partial charge in [0.1, 0.15) is 0 Å². The molecule has 0 aromatic carbocycles. The van der Waals surface area contributed by atoms with Gasteiger partial charge in [-0.15, -0.1) is 11.3 Å². The Hall–Kier alpha value is -1.14. The van der Waals surface area contributed by atoms with Gasteiger partial charge in [-0.25, -0.2) is 9.78 Å². The smallest absolute Gasteiger partial charge is 0.315 e. The molecular formula is C15H25N3O2S. The molecule has 0 spiro atoms. The van der Waals surface area contributed by atoms with Crippen LogP contribution in [0, 0.1) is 12.8 Å². The molecule has 2 N–H and O–H groups in total. The van der Waals surface area contributed by atoms with Crippen LogP contribution in [0.2, 0.25) is 0 Å². The highest BCUT2D eigenvalue weighted by atomic mass is 32.1. The highest BCUT2D eigenvalue weighted by molar-refractivity contribution is 7.09. The molecule has 6 heteroatoms. The Balaban J connectivity index is 1.56. The molecule has 0 aliphatic heterocycles. The van der Waals surface area contributed by atoms with Crippen molar-refractivity contribution in [2.45, 2.75) is 52.2 Å². The van der Waals surface area contributed by atoms with E-state index in [-0.39, 0.29) is 6.03 Å². The zero-order valence-electron chi connectivity index (χ0n) is 12.9. The Morgan fingerprint density at radius 3 is 2.95 bits per heavy atom.